The number of aryl methyl sites for hydroxylation is 2. The average Bonchev–Trinajstić information content (AvgIpc) is 2.64. The fraction of sp³-hybridized carbons (Fsp3) is 0.273. The lowest BCUT2D eigenvalue weighted by Gasteiger charge is -2.13. The van der Waals surface area contributed by atoms with Crippen molar-refractivity contribution in [2.75, 3.05) is 0 Å². The highest BCUT2D eigenvalue weighted by atomic mass is 16.6. The summed E-state index contributed by atoms with van der Waals surface area (Å²) in [5.41, 5.74) is 3.11. The van der Waals surface area contributed by atoms with E-state index in [2.05, 4.69) is 13.8 Å². The van der Waals surface area contributed by atoms with Crippen LogP contribution in [0.1, 0.15) is 52.4 Å². The summed E-state index contributed by atoms with van der Waals surface area (Å²) in [4.78, 5) is 34.7. The summed E-state index contributed by atoms with van der Waals surface area (Å²) < 4.78 is 10.7. The van der Waals surface area contributed by atoms with Crippen LogP contribution < -0.4 is 5.63 Å². The van der Waals surface area contributed by atoms with E-state index in [1.54, 1.807) is 6.92 Å². The molecule has 0 aliphatic rings. The monoisotopic (exact) mass is 395 g/mol. The molecular formula is C22H21NO6. The minimum Gasteiger partial charge on any atom is -0.457 e. The quantitative estimate of drug-likeness (QED) is 0.266. The first-order chi connectivity index (χ1) is 13.7. The number of ether oxygens (including phenoxy) is 1. The molecule has 0 radical (unpaired) electrons. The third kappa shape index (κ3) is 4.18. The Morgan fingerprint density at radius 3 is 2.48 bits per heavy atom. The smallest absolute Gasteiger partial charge is 0.338 e. The van der Waals surface area contributed by atoms with Gasteiger partial charge < -0.3 is 9.15 Å². The molecule has 0 bridgehead atoms. The number of hydrogen-bond donors (Lipinski definition) is 0. The lowest BCUT2D eigenvalue weighted by molar-refractivity contribution is -0.385. The Balaban J connectivity index is 1.91. The standard InChI is InChI=1S/C22H21NO6/c1-12(2)17-10-18-16(9-21(24)29-20(18)8-13(17)3)11-28-22(25)15-5-6-19(23(26)27)14(4)7-15/h5-10,12H,11H2,1-4H3. The molecule has 0 fully saturated rings. The summed E-state index contributed by atoms with van der Waals surface area (Å²) in [6.07, 6.45) is 0. The van der Waals surface area contributed by atoms with Gasteiger partial charge in [0.2, 0.25) is 0 Å². The third-order valence-electron chi connectivity index (χ3n) is 4.83. The van der Waals surface area contributed by atoms with Crippen LogP contribution in [0.15, 0.2) is 45.6 Å². The number of nitro benzene ring substituents is 1. The van der Waals surface area contributed by atoms with E-state index in [1.807, 2.05) is 19.1 Å². The minimum absolute atomic E-state index is 0.0650. The van der Waals surface area contributed by atoms with E-state index >= 15 is 0 Å². The lowest BCUT2D eigenvalue weighted by atomic mass is 9.95. The number of carbonyl (C=O) groups excluding carboxylic acids is 1. The summed E-state index contributed by atoms with van der Waals surface area (Å²) in [6.45, 7) is 7.55. The van der Waals surface area contributed by atoms with Crippen molar-refractivity contribution >= 4 is 22.6 Å². The molecule has 0 aliphatic carbocycles. The average molecular weight is 395 g/mol. The topological polar surface area (TPSA) is 99.7 Å². The molecule has 0 aliphatic heterocycles. The zero-order chi connectivity index (χ0) is 21.3. The summed E-state index contributed by atoms with van der Waals surface area (Å²) >= 11 is 0. The summed E-state index contributed by atoms with van der Waals surface area (Å²) in [6, 6.07) is 9.13. The normalized spacial score (nSPS) is 11.1. The molecule has 7 nitrogen and oxygen atoms in total. The highest BCUT2D eigenvalue weighted by molar-refractivity contribution is 5.90. The highest BCUT2D eigenvalue weighted by Gasteiger charge is 2.16. The lowest BCUT2D eigenvalue weighted by Crippen LogP contribution is -2.09. The highest BCUT2D eigenvalue weighted by Crippen LogP contribution is 2.27. The Bertz CT molecular complexity index is 1180. The van der Waals surface area contributed by atoms with Crippen LogP contribution >= 0.6 is 0 Å². The van der Waals surface area contributed by atoms with Gasteiger partial charge >= 0.3 is 11.6 Å². The van der Waals surface area contributed by atoms with Gasteiger partial charge in [-0.3, -0.25) is 10.1 Å². The van der Waals surface area contributed by atoms with E-state index in [0.717, 1.165) is 11.1 Å². The molecule has 0 saturated carbocycles. The van der Waals surface area contributed by atoms with Crippen molar-refractivity contribution in [3.05, 3.63) is 84.7 Å². The number of hydrogen-bond acceptors (Lipinski definition) is 6. The second-order valence-electron chi connectivity index (χ2n) is 7.28. The van der Waals surface area contributed by atoms with Gasteiger partial charge in [0.1, 0.15) is 12.2 Å². The van der Waals surface area contributed by atoms with E-state index in [9.17, 15) is 19.7 Å². The van der Waals surface area contributed by atoms with Crippen molar-refractivity contribution in [2.45, 2.75) is 40.2 Å². The van der Waals surface area contributed by atoms with E-state index in [0.29, 0.717) is 22.1 Å². The zero-order valence-corrected chi connectivity index (χ0v) is 16.6. The van der Waals surface area contributed by atoms with Gasteiger partial charge in [0.25, 0.3) is 5.69 Å². The number of benzene rings is 2. The Hall–Kier alpha value is -3.48. The molecule has 150 valence electrons. The number of fused-ring (bicyclic) bond motifs is 1. The van der Waals surface area contributed by atoms with Crippen LogP contribution in [0.5, 0.6) is 0 Å². The van der Waals surface area contributed by atoms with E-state index in [1.165, 1.54) is 24.3 Å². The van der Waals surface area contributed by atoms with Crippen LogP contribution in [0.4, 0.5) is 5.69 Å². The van der Waals surface area contributed by atoms with Crippen molar-refractivity contribution < 1.29 is 18.9 Å². The minimum atomic E-state index is -0.624. The van der Waals surface area contributed by atoms with Crippen molar-refractivity contribution in [1.82, 2.24) is 0 Å². The van der Waals surface area contributed by atoms with Crippen molar-refractivity contribution in [3.63, 3.8) is 0 Å². The Morgan fingerprint density at radius 2 is 1.86 bits per heavy atom. The summed E-state index contributed by atoms with van der Waals surface area (Å²) in [5, 5.41) is 11.6. The van der Waals surface area contributed by atoms with Crippen LogP contribution in [-0.4, -0.2) is 10.9 Å². The number of rotatable bonds is 5. The van der Waals surface area contributed by atoms with Gasteiger partial charge in [-0.2, -0.15) is 0 Å². The van der Waals surface area contributed by atoms with Gasteiger partial charge in [0.15, 0.2) is 0 Å². The van der Waals surface area contributed by atoms with Crippen molar-refractivity contribution in [3.8, 4) is 0 Å². The van der Waals surface area contributed by atoms with Gasteiger partial charge in [0.05, 0.1) is 10.5 Å². The maximum atomic E-state index is 12.4. The van der Waals surface area contributed by atoms with E-state index < -0.39 is 16.5 Å². The van der Waals surface area contributed by atoms with Gasteiger partial charge in [-0.05, 0) is 55.2 Å². The molecule has 2 aromatic carbocycles. The maximum Gasteiger partial charge on any atom is 0.338 e. The molecule has 0 N–H and O–H groups in total. The SMILES string of the molecule is Cc1cc2oc(=O)cc(COC(=O)c3ccc([N+](=O)[O-])c(C)c3)c2cc1C(C)C. The fourth-order valence-corrected chi connectivity index (χ4v) is 3.35. The largest absolute Gasteiger partial charge is 0.457 e. The molecule has 0 atom stereocenters. The number of nitrogens with zero attached hydrogens (tertiary/aromatic N) is 1. The zero-order valence-electron chi connectivity index (χ0n) is 16.6. The second kappa shape index (κ2) is 7.87. The van der Waals surface area contributed by atoms with Crippen LogP contribution in [0.25, 0.3) is 11.0 Å². The van der Waals surface area contributed by atoms with Crippen LogP contribution in [0.3, 0.4) is 0 Å². The Kier molecular flexibility index (Phi) is 5.50. The predicted molar refractivity (Wildman–Crippen MR) is 108 cm³/mol. The first-order valence-electron chi connectivity index (χ1n) is 9.17. The summed E-state index contributed by atoms with van der Waals surface area (Å²) in [5.74, 6) is -0.342. The van der Waals surface area contributed by atoms with Gasteiger partial charge in [-0.25, -0.2) is 9.59 Å². The van der Waals surface area contributed by atoms with Crippen LogP contribution in [0, 0.1) is 24.0 Å². The van der Waals surface area contributed by atoms with E-state index in [-0.39, 0.29) is 23.8 Å². The van der Waals surface area contributed by atoms with E-state index in [4.69, 9.17) is 9.15 Å². The predicted octanol–water partition coefficient (Wildman–Crippen LogP) is 4.80. The number of nitro groups is 1. The maximum absolute atomic E-state index is 12.4. The molecule has 3 rings (SSSR count). The Morgan fingerprint density at radius 1 is 1.14 bits per heavy atom. The molecule has 0 unspecified atom stereocenters. The second-order valence-corrected chi connectivity index (χ2v) is 7.28. The first-order valence-corrected chi connectivity index (χ1v) is 9.17. The molecular weight excluding hydrogens is 374 g/mol. The fourth-order valence-electron chi connectivity index (χ4n) is 3.35. The number of carbonyl (C=O) groups is 1. The van der Waals surface area contributed by atoms with Gasteiger partial charge in [0, 0.05) is 28.6 Å². The number of esters is 1. The first kappa shape index (κ1) is 20.3. The molecule has 0 spiro atoms. The van der Waals surface area contributed by atoms with Crippen LogP contribution in [-0.2, 0) is 11.3 Å². The molecule has 0 saturated heterocycles. The molecule has 1 aromatic heterocycles. The molecule has 0 amide bonds. The molecule has 1 heterocycles. The van der Waals surface area contributed by atoms with Crippen LogP contribution in [0.2, 0.25) is 0 Å². The molecule has 29 heavy (non-hydrogen) atoms. The molecule has 7 heteroatoms. The van der Waals surface area contributed by atoms with Gasteiger partial charge in [-0.1, -0.05) is 13.8 Å². The van der Waals surface area contributed by atoms with Crippen molar-refractivity contribution in [1.29, 1.82) is 0 Å². The third-order valence-corrected chi connectivity index (χ3v) is 4.83. The van der Waals surface area contributed by atoms with Crippen molar-refractivity contribution in [2.24, 2.45) is 0 Å². The molecule has 3 aromatic rings. The summed E-state index contributed by atoms with van der Waals surface area (Å²) in [7, 11) is 0. The van der Waals surface area contributed by atoms with Gasteiger partial charge in [-0.15, -0.1) is 0 Å². The Labute approximate surface area is 167 Å².